The lowest BCUT2D eigenvalue weighted by molar-refractivity contribution is -0.115. The van der Waals surface area contributed by atoms with Gasteiger partial charge in [0.2, 0.25) is 5.24 Å². The smallest absolute Gasteiger partial charge is 0.225 e. The lowest BCUT2D eigenvalue weighted by Gasteiger charge is -2.16. The summed E-state index contributed by atoms with van der Waals surface area (Å²) in [7, 11) is 0. The second kappa shape index (κ2) is 3.20. The topological polar surface area (TPSA) is 17.1 Å². The first-order chi connectivity index (χ1) is 4.70. The van der Waals surface area contributed by atoms with E-state index in [-0.39, 0.29) is 11.2 Å². The maximum atomic E-state index is 10.7. The van der Waals surface area contributed by atoms with Gasteiger partial charge in [0.25, 0.3) is 0 Å². The molecule has 1 nitrogen and oxygen atoms in total. The Hall–Kier alpha value is -0.300. The number of carbonyl (C=O) groups is 1. The van der Waals surface area contributed by atoms with Crippen molar-refractivity contribution in [1.82, 2.24) is 0 Å². The molecule has 0 spiro atoms. The molecule has 0 saturated carbocycles. The maximum absolute atomic E-state index is 10.7. The van der Waals surface area contributed by atoms with Gasteiger partial charge in [-0.25, -0.2) is 0 Å². The largest absolute Gasteiger partial charge is 0.281 e. The molecule has 0 heterocycles. The Bertz CT molecular complexity index is 172. The first-order valence-corrected chi connectivity index (χ1v) is 3.93. The van der Waals surface area contributed by atoms with Crippen LogP contribution in [0.2, 0.25) is 0 Å². The van der Waals surface area contributed by atoms with Crippen LogP contribution in [0.3, 0.4) is 0 Å². The molecule has 0 fully saturated rings. The minimum Gasteiger partial charge on any atom is -0.281 e. The third-order valence-electron chi connectivity index (χ3n) is 1.90. The van der Waals surface area contributed by atoms with E-state index in [1.807, 2.05) is 6.92 Å². The van der Waals surface area contributed by atoms with Gasteiger partial charge >= 0.3 is 0 Å². The standard InChI is InChI=1S/C8H11ClO/c1-6-3-2-4-7(5-6)8(9)10/h3,7H,2,4-5H2,1H3. The fraction of sp³-hybridized carbons (Fsp3) is 0.625. The Balaban J connectivity index is 2.53. The normalized spacial score (nSPS) is 25.8. The minimum atomic E-state index is -0.174. The summed E-state index contributed by atoms with van der Waals surface area (Å²) in [5.74, 6) is 0.0895. The summed E-state index contributed by atoms with van der Waals surface area (Å²) >= 11 is 5.36. The molecule has 1 rings (SSSR count). The first-order valence-electron chi connectivity index (χ1n) is 3.55. The van der Waals surface area contributed by atoms with Crippen LogP contribution in [0.25, 0.3) is 0 Å². The Morgan fingerprint density at radius 2 is 2.50 bits per heavy atom. The number of halogens is 1. The summed E-state index contributed by atoms with van der Waals surface area (Å²) in [6.45, 7) is 2.05. The Morgan fingerprint density at radius 1 is 1.80 bits per heavy atom. The van der Waals surface area contributed by atoms with Crippen molar-refractivity contribution in [2.24, 2.45) is 5.92 Å². The predicted molar refractivity (Wildman–Crippen MR) is 42.0 cm³/mol. The van der Waals surface area contributed by atoms with Crippen molar-refractivity contribution in [3.8, 4) is 0 Å². The fourth-order valence-electron chi connectivity index (χ4n) is 1.30. The molecule has 0 N–H and O–H groups in total. The van der Waals surface area contributed by atoms with E-state index in [0.29, 0.717) is 0 Å². The Labute approximate surface area is 66.1 Å². The molecule has 1 aliphatic rings. The van der Waals surface area contributed by atoms with Gasteiger partial charge in [0.1, 0.15) is 0 Å². The Morgan fingerprint density at radius 3 is 2.90 bits per heavy atom. The van der Waals surface area contributed by atoms with Crippen molar-refractivity contribution in [2.75, 3.05) is 0 Å². The summed E-state index contributed by atoms with van der Waals surface area (Å²) in [5.41, 5.74) is 1.30. The monoisotopic (exact) mass is 158 g/mol. The van der Waals surface area contributed by atoms with E-state index in [4.69, 9.17) is 11.6 Å². The summed E-state index contributed by atoms with van der Waals surface area (Å²) in [5, 5.41) is -0.174. The lowest BCUT2D eigenvalue weighted by atomic mass is 9.91. The van der Waals surface area contributed by atoms with E-state index in [1.54, 1.807) is 0 Å². The summed E-state index contributed by atoms with van der Waals surface area (Å²) in [6.07, 6.45) is 4.98. The summed E-state index contributed by atoms with van der Waals surface area (Å²) in [4.78, 5) is 10.7. The third kappa shape index (κ3) is 1.84. The van der Waals surface area contributed by atoms with Gasteiger partial charge in [-0.1, -0.05) is 11.6 Å². The van der Waals surface area contributed by atoms with Gasteiger partial charge in [0.05, 0.1) is 0 Å². The highest BCUT2D eigenvalue weighted by molar-refractivity contribution is 6.64. The maximum Gasteiger partial charge on any atom is 0.225 e. The molecule has 0 aromatic rings. The number of hydrogen-bond acceptors (Lipinski definition) is 1. The lowest BCUT2D eigenvalue weighted by Crippen LogP contribution is -2.11. The number of hydrogen-bond donors (Lipinski definition) is 0. The average Bonchev–Trinajstić information content (AvgIpc) is 1.88. The van der Waals surface area contributed by atoms with Crippen LogP contribution < -0.4 is 0 Å². The number of carbonyl (C=O) groups excluding carboxylic acids is 1. The van der Waals surface area contributed by atoms with Crippen LogP contribution in [0.15, 0.2) is 11.6 Å². The van der Waals surface area contributed by atoms with Crippen molar-refractivity contribution in [1.29, 1.82) is 0 Å². The first kappa shape index (κ1) is 7.80. The molecule has 0 aromatic heterocycles. The number of allylic oxidation sites excluding steroid dienone is 2. The van der Waals surface area contributed by atoms with Crippen molar-refractivity contribution in [3.63, 3.8) is 0 Å². The van der Waals surface area contributed by atoms with Crippen LogP contribution in [0.5, 0.6) is 0 Å². The molecule has 1 unspecified atom stereocenters. The molecule has 10 heavy (non-hydrogen) atoms. The van der Waals surface area contributed by atoms with E-state index in [2.05, 4.69) is 6.08 Å². The molecule has 0 bridgehead atoms. The minimum absolute atomic E-state index is 0.0895. The zero-order valence-electron chi connectivity index (χ0n) is 6.06. The van der Waals surface area contributed by atoms with Gasteiger partial charge < -0.3 is 0 Å². The molecule has 0 aliphatic heterocycles. The second-order valence-corrected chi connectivity index (χ2v) is 3.21. The summed E-state index contributed by atoms with van der Waals surface area (Å²) in [6, 6.07) is 0. The molecule has 0 saturated heterocycles. The van der Waals surface area contributed by atoms with Crippen LogP contribution in [0.4, 0.5) is 0 Å². The fourth-order valence-corrected chi connectivity index (χ4v) is 1.48. The van der Waals surface area contributed by atoms with Crippen molar-refractivity contribution < 1.29 is 4.79 Å². The van der Waals surface area contributed by atoms with E-state index in [1.165, 1.54) is 5.57 Å². The van der Waals surface area contributed by atoms with E-state index < -0.39 is 0 Å². The second-order valence-electron chi connectivity index (χ2n) is 2.83. The molecule has 2 heteroatoms. The average molecular weight is 159 g/mol. The van der Waals surface area contributed by atoms with Gasteiger partial charge in [0, 0.05) is 5.92 Å². The van der Waals surface area contributed by atoms with E-state index in [9.17, 15) is 4.79 Å². The molecule has 1 atom stereocenters. The molecule has 0 aromatic carbocycles. The molecule has 1 aliphatic carbocycles. The van der Waals surface area contributed by atoms with Gasteiger partial charge in [-0.15, -0.1) is 0 Å². The Kier molecular flexibility index (Phi) is 2.50. The highest BCUT2D eigenvalue weighted by atomic mass is 35.5. The molecule has 56 valence electrons. The zero-order valence-corrected chi connectivity index (χ0v) is 6.82. The van der Waals surface area contributed by atoms with E-state index in [0.717, 1.165) is 19.3 Å². The zero-order chi connectivity index (χ0) is 7.56. The predicted octanol–water partition coefficient (Wildman–Crippen LogP) is 2.50. The van der Waals surface area contributed by atoms with Crippen LogP contribution in [-0.4, -0.2) is 5.24 Å². The van der Waals surface area contributed by atoms with Crippen molar-refractivity contribution >= 4 is 16.8 Å². The SMILES string of the molecule is CC1=CCCC(C(=O)Cl)C1. The van der Waals surface area contributed by atoms with Crippen LogP contribution in [-0.2, 0) is 4.79 Å². The third-order valence-corrected chi connectivity index (χ3v) is 2.21. The van der Waals surface area contributed by atoms with Gasteiger partial charge in [-0.3, -0.25) is 4.79 Å². The van der Waals surface area contributed by atoms with Gasteiger partial charge in [0.15, 0.2) is 0 Å². The quantitative estimate of drug-likeness (QED) is 0.423. The van der Waals surface area contributed by atoms with Gasteiger partial charge in [-0.05, 0) is 37.8 Å². The molecular weight excluding hydrogens is 148 g/mol. The van der Waals surface area contributed by atoms with Gasteiger partial charge in [-0.2, -0.15) is 0 Å². The number of rotatable bonds is 1. The van der Waals surface area contributed by atoms with Crippen LogP contribution in [0, 0.1) is 5.92 Å². The van der Waals surface area contributed by atoms with Crippen molar-refractivity contribution in [3.05, 3.63) is 11.6 Å². The summed E-state index contributed by atoms with van der Waals surface area (Å²) < 4.78 is 0. The van der Waals surface area contributed by atoms with Crippen LogP contribution in [0.1, 0.15) is 26.2 Å². The van der Waals surface area contributed by atoms with E-state index >= 15 is 0 Å². The van der Waals surface area contributed by atoms with Crippen molar-refractivity contribution in [2.45, 2.75) is 26.2 Å². The highest BCUT2D eigenvalue weighted by Crippen LogP contribution is 2.25. The molecular formula is C8H11ClO. The molecule has 0 amide bonds. The molecule has 0 radical (unpaired) electrons. The highest BCUT2D eigenvalue weighted by Gasteiger charge is 2.18. The van der Waals surface area contributed by atoms with Crippen LogP contribution >= 0.6 is 11.6 Å².